The molecule has 5 nitrogen and oxygen atoms in total. The van der Waals surface area contributed by atoms with Gasteiger partial charge in [-0.25, -0.2) is 0 Å². The van der Waals surface area contributed by atoms with E-state index in [-0.39, 0.29) is 5.60 Å². The molecule has 5 heterocycles. The molecular weight excluding hydrogens is 266 g/mol. The lowest BCUT2D eigenvalue weighted by atomic mass is 9.77. The molecule has 0 amide bonds. The second-order valence-electron chi connectivity index (χ2n) is 7.31. The topological polar surface area (TPSA) is 37.0 Å². The zero-order valence-corrected chi connectivity index (χ0v) is 13.2. The smallest absolute Gasteiger partial charge is 0.0939 e. The summed E-state index contributed by atoms with van der Waals surface area (Å²) in [5, 5.41) is 3.67. The number of ether oxygens (including phenoxy) is 2. The number of piperazine rings is 3. The van der Waals surface area contributed by atoms with Gasteiger partial charge in [-0.2, -0.15) is 0 Å². The zero-order valence-electron chi connectivity index (χ0n) is 13.2. The molecule has 5 aliphatic rings. The maximum atomic E-state index is 6.12. The molecule has 5 aliphatic heterocycles. The molecule has 1 N–H and O–H groups in total. The highest BCUT2D eigenvalue weighted by atomic mass is 16.6. The average Bonchev–Trinajstić information content (AvgIpc) is 2.97. The SMILES string of the molecule is CNC(C1CCOC2(CCOC2)C1)C1CN2CCN1CC2. The molecule has 4 atom stereocenters. The first-order chi connectivity index (χ1) is 10.3. The van der Waals surface area contributed by atoms with E-state index in [2.05, 4.69) is 22.2 Å². The number of rotatable bonds is 3. The van der Waals surface area contributed by atoms with Crippen LogP contribution in [-0.4, -0.2) is 87.1 Å². The molecule has 21 heavy (non-hydrogen) atoms. The Morgan fingerprint density at radius 3 is 2.67 bits per heavy atom. The summed E-state index contributed by atoms with van der Waals surface area (Å²) < 4.78 is 11.8. The summed E-state index contributed by atoms with van der Waals surface area (Å²) >= 11 is 0. The molecule has 0 radical (unpaired) electrons. The fraction of sp³-hybridized carbons (Fsp3) is 1.00. The van der Waals surface area contributed by atoms with Crippen LogP contribution in [0.5, 0.6) is 0 Å². The molecule has 5 saturated heterocycles. The molecular formula is C16H29N3O2. The van der Waals surface area contributed by atoms with E-state index in [0.29, 0.717) is 12.1 Å². The predicted molar refractivity (Wildman–Crippen MR) is 81.5 cm³/mol. The largest absolute Gasteiger partial charge is 0.378 e. The van der Waals surface area contributed by atoms with E-state index in [4.69, 9.17) is 9.47 Å². The number of likely N-dealkylation sites (N-methyl/N-ethyl adjacent to an activating group) is 1. The first-order valence-corrected chi connectivity index (χ1v) is 8.65. The molecule has 5 rings (SSSR count). The van der Waals surface area contributed by atoms with Crippen LogP contribution >= 0.6 is 0 Å². The van der Waals surface area contributed by atoms with Crippen molar-refractivity contribution in [3.05, 3.63) is 0 Å². The van der Waals surface area contributed by atoms with Gasteiger partial charge < -0.3 is 14.8 Å². The second-order valence-corrected chi connectivity index (χ2v) is 7.31. The lowest BCUT2D eigenvalue weighted by molar-refractivity contribution is -0.111. The second kappa shape index (κ2) is 5.78. The van der Waals surface area contributed by atoms with E-state index < -0.39 is 0 Å². The van der Waals surface area contributed by atoms with Gasteiger partial charge in [0, 0.05) is 64.4 Å². The molecule has 0 aromatic rings. The Morgan fingerprint density at radius 1 is 1.19 bits per heavy atom. The number of nitrogens with zero attached hydrogens (tertiary/aromatic N) is 2. The average molecular weight is 295 g/mol. The summed E-state index contributed by atoms with van der Waals surface area (Å²) in [6.07, 6.45) is 3.45. The monoisotopic (exact) mass is 295 g/mol. The van der Waals surface area contributed by atoms with E-state index in [9.17, 15) is 0 Å². The Balaban J connectivity index is 1.47. The van der Waals surface area contributed by atoms with Crippen molar-refractivity contribution in [1.29, 1.82) is 0 Å². The van der Waals surface area contributed by atoms with Crippen LogP contribution in [0.15, 0.2) is 0 Å². The normalized spacial score (nSPS) is 47.9. The standard InChI is InChI=1S/C16H29N3O2/c1-17-15(14-11-18-4-6-19(14)7-5-18)13-2-8-21-16(10-13)3-9-20-12-16/h13-15,17H,2-12H2,1H3. The summed E-state index contributed by atoms with van der Waals surface area (Å²) in [6, 6.07) is 1.27. The van der Waals surface area contributed by atoms with Crippen LogP contribution in [0.25, 0.3) is 0 Å². The van der Waals surface area contributed by atoms with Crippen LogP contribution in [0.2, 0.25) is 0 Å². The summed E-state index contributed by atoms with van der Waals surface area (Å²) in [5.74, 6) is 0.719. The van der Waals surface area contributed by atoms with Crippen LogP contribution in [0.4, 0.5) is 0 Å². The van der Waals surface area contributed by atoms with Gasteiger partial charge >= 0.3 is 0 Å². The van der Waals surface area contributed by atoms with E-state index in [0.717, 1.165) is 32.2 Å². The summed E-state index contributed by atoms with van der Waals surface area (Å²) in [6.45, 7) is 8.85. The minimum atomic E-state index is 0.0291. The highest BCUT2D eigenvalue weighted by Crippen LogP contribution is 2.38. The summed E-state index contributed by atoms with van der Waals surface area (Å²) in [7, 11) is 2.15. The van der Waals surface area contributed by atoms with E-state index in [1.54, 1.807) is 0 Å². The third-order valence-corrected chi connectivity index (χ3v) is 6.18. The quantitative estimate of drug-likeness (QED) is 0.803. The molecule has 0 saturated carbocycles. The Kier molecular flexibility index (Phi) is 3.96. The molecule has 120 valence electrons. The first-order valence-electron chi connectivity index (χ1n) is 8.65. The van der Waals surface area contributed by atoms with Gasteiger partial charge in [-0.1, -0.05) is 0 Å². The van der Waals surface area contributed by atoms with Crippen molar-refractivity contribution in [2.45, 2.75) is 36.9 Å². The van der Waals surface area contributed by atoms with Gasteiger partial charge in [-0.15, -0.1) is 0 Å². The summed E-state index contributed by atoms with van der Waals surface area (Å²) in [4.78, 5) is 5.36. The van der Waals surface area contributed by atoms with Crippen molar-refractivity contribution >= 4 is 0 Å². The third-order valence-electron chi connectivity index (χ3n) is 6.18. The van der Waals surface area contributed by atoms with Crippen LogP contribution < -0.4 is 5.32 Å². The fourth-order valence-electron chi connectivity index (χ4n) is 4.98. The van der Waals surface area contributed by atoms with E-state index >= 15 is 0 Å². The van der Waals surface area contributed by atoms with Gasteiger partial charge in [0.2, 0.25) is 0 Å². The van der Waals surface area contributed by atoms with Gasteiger partial charge in [0.15, 0.2) is 0 Å². The Labute approximate surface area is 127 Å². The maximum absolute atomic E-state index is 6.12. The van der Waals surface area contributed by atoms with Crippen LogP contribution in [-0.2, 0) is 9.47 Å². The molecule has 1 spiro atoms. The molecule has 0 aliphatic carbocycles. The Morgan fingerprint density at radius 2 is 2.05 bits per heavy atom. The zero-order chi connectivity index (χ0) is 14.3. The predicted octanol–water partition coefficient (Wildman–Crippen LogP) is 0.160. The lowest BCUT2D eigenvalue weighted by Gasteiger charge is -2.52. The maximum Gasteiger partial charge on any atom is 0.0939 e. The number of hydrogen-bond donors (Lipinski definition) is 1. The molecule has 0 aromatic heterocycles. The van der Waals surface area contributed by atoms with Crippen molar-refractivity contribution in [3.63, 3.8) is 0 Å². The first kappa shape index (κ1) is 14.4. The van der Waals surface area contributed by atoms with Crippen LogP contribution in [0.1, 0.15) is 19.3 Å². The number of nitrogens with one attached hydrogen (secondary N) is 1. The van der Waals surface area contributed by atoms with Gasteiger partial charge in [0.25, 0.3) is 0 Å². The van der Waals surface area contributed by atoms with Crippen molar-refractivity contribution in [2.75, 3.05) is 59.6 Å². The lowest BCUT2D eigenvalue weighted by Crippen LogP contribution is -2.68. The highest BCUT2D eigenvalue weighted by Gasteiger charge is 2.46. The molecule has 2 bridgehead atoms. The van der Waals surface area contributed by atoms with Crippen molar-refractivity contribution < 1.29 is 9.47 Å². The van der Waals surface area contributed by atoms with Gasteiger partial charge in [-0.3, -0.25) is 9.80 Å². The van der Waals surface area contributed by atoms with Gasteiger partial charge in [-0.05, 0) is 25.8 Å². The minimum Gasteiger partial charge on any atom is -0.378 e. The molecule has 5 heteroatoms. The van der Waals surface area contributed by atoms with Crippen molar-refractivity contribution in [1.82, 2.24) is 15.1 Å². The van der Waals surface area contributed by atoms with Crippen LogP contribution in [0, 0.1) is 5.92 Å². The number of fused-ring (bicyclic) bond motifs is 3. The van der Waals surface area contributed by atoms with Crippen molar-refractivity contribution in [2.24, 2.45) is 5.92 Å². The fourth-order valence-corrected chi connectivity index (χ4v) is 4.98. The molecule has 4 unspecified atom stereocenters. The third kappa shape index (κ3) is 2.63. The van der Waals surface area contributed by atoms with Gasteiger partial charge in [0.1, 0.15) is 0 Å². The van der Waals surface area contributed by atoms with Crippen molar-refractivity contribution in [3.8, 4) is 0 Å². The number of hydrogen-bond acceptors (Lipinski definition) is 5. The minimum absolute atomic E-state index is 0.0291. The molecule has 0 aromatic carbocycles. The van der Waals surface area contributed by atoms with Crippen LogP contribution in [0.3, 0.4) is 0 Å². The highest BCUT2D eigenvalue weighted by molar-refractivity contribution is 5.01. The Bertz CT molecular complexity index is 365. The Hall–Kier alpha value is -0.200. The van der Waals surface area contributed by atoms with Gasteiger partial charge in [0.05, 0.1) is 12.2 Å². The summed E-state index contributed by atoms with van der Waals surface area (Å²) in [5.41, 5.74) is 0.0291. The van der Waals surface area contributed by atoms with E-state index in [1.807, 2.05) is 0 Å². The van der Waals surface area contributed by atoms with E-state index in [1.165, 1.54) is 45.6 Å². The molecule has 5 fully saturated rings.